The first kappa shape index (κ1) is 14.8. The lowest BCUT2D eigenvalue weighted by Gasteiger charge is -2.34. The van der Waals surface area contributed by atoms with Crippen LogP contribution in [0.2, 0.25) is 0 Å². The molecule has 0 unspecified atom stereocenters. The van der Waals surface area contributed by atoms with Gasteiger partial charge in [0.1, 0.15) is 0 Å². The molecule has 0 spiro atoms. The molecule has 7 heteroatoms. The van der Waals surface area contributed by atoms with Gasteiger partial charge in [-0.3, -0.25) is 9.80 Å². The van der Waals surface area contributed by atoms with E-state index < -0.39 is 12.7 Å². The molecule has 2 heterocycles. The fourth-order valence-corrected chi connectivity index (χ4v) is 3.14. The maximum atomic E-state index is 12.3. The zero-order valence-corrected chi connectivity index (χ0v) is 11.4. The van der Waals surface area contributed by atoms with Crippen molar-refractivity contribution in [1.82, 2.24) is 9.80 Å². The summed E-state index contributed by atoms with van der Waals surface area (Å²) < 4.78 is 36.8. The first-order valence-electron chi connectivity index (χ1n) is 6.25. The van der Waals surface area contributed by atoms with Gasteiger partial charge in [0, 0.05) is 49.0 Å². The van der Waals surface area contributed by atoms with Gasteiger partial charge in [-0.25, -0.2) is 0 Å². The molecule has 1 aliphatic heterocycles. The van der Waals surface area contributed by atoms with Gasteiger partial charge >= 0.3 is 6.18 Å². The molecule has 0 radical (unpaired) electrons. The van der Waals surface area contributed by atoms with E-state index in [2.05, 4.69) is 11.0 Å². The van der Waals surface area contributed by atoms with E-state index in [0.29, 0.717) is 32.7 Å². The number of hydrogen-bond acceptors (Lipinski definition) is 4. The Morgan fingerprint density at radius 3 is 2.16 bits per heavy atom. The molecule has 19 heavy (non-hydrogen) atoms. The number of halogens is 3. The molecule has 1 aromatic heterocycles. The highest BCUT2D eigenvalue weighted by atomic mass is 32.1. The second kappa shape index (κ2) is 6.21. The highest BCUT2D eigenvalue weighted by molar-refractivity contribution is 7.11. The second-order valence-electron chi connectivity index (χ2n) is 4.74. The van der Waals surface area contributed by atoms with Gasteiger partial charge in [-0.2, -0.15) is 13.2 Å². The summed E-state index contributed by atoms with van der Waals surface area (Å²) in [5, 5.41) is 0. The molecule has 0 aliphatic carbocycles. The van der Waals surface area contributed by atoms with Crippen LogP contribution >= 0.6 is 11.3 Å². The van der Waals surface area contributed by atoms with E-state index in [4.69, 9.17) is 5.73 Å². The molecule has 0 amide bonds. The molecule has 0 aromatic carbocycles. The van der Waals surface area contributed by atoms with E-state index in [9.17, 15) is 13.2 Å². The summed E-state index contributed by atoms with van der Waals surface area (Å²) in [4.78, 5) is 6.03. The Hall–Kier alpha value is -0.630. The molecule has 108 valence electrons. The third-order valence-electron chi connectivity index (χ3n) is 3.17. The Balaban J connectivity index is 1.77. The molecule has 1 fully saturated rings. The van der Waals surface area contributed by atoms with Gasteiger partial charge in [0.2, 0.25) is 0 Å². The van der Waals surface area contributed by atoms with Crippen LogP contribution in [-0.4, -0.2) is 48.7 Å². The number of nitrogens with two attached hydrogens (primary N) is 1. The van der Waals surface area contributed by atoms with Crippen molar-refractivity contribution in [1.29, 1.82) is 0 Å². The van der Waals surface area contributed by atoms with E-state index in [1.807, 2.05) is 6.07 Å². The highest BCUT2D eigenvalue weighted by Gasteiger charge is 2.32. The standard InChI is InChI=1S/C12H18F3N3S/c13-12(14,15)9-18-5-3-17(4-6-18)8-11-2-1-10(7-16)19-11/h1-2H,3-9,16H2. The van der Waals surface area contributed by atoms with Crippen LogP contribution in [0.15, 0.2) is 12.1 Å². The summed E-state index contributed by atoms with van der Waals surface area (Å²) in [6.07, 6.45) is -4.09. The third kappa shape index (κ3) is 4.76. The van der Waals surface area contributed by atoms with Crippen LogP contribution in [-0.2, 0) is 13.1 Å². The van der Waals surface area contributed by atoms with Crippen LogP contribution in [0, 0.1) is 0 Å². The summed E-state index contributed by atoms with van der Waals surface area (Å²) in [5.74, 6) is 0. The molecule has 1 aliphatic rings. The minimum absolute atomic E-state index is 0.481. The van der Waals surface area contributed by atoms with Gasteiger partial charge in [-0.1, -0.05) is 0 Å². The van der Waals surface area contributed by atoms with Crippen molar-refractivity contribution in [2.75, 3.05) is 32.7 Å². The molecule has 1 aromatic rings. The number of hydrogen-bond donors (Lipinski definition) is 1. The minimum atomic E-state index is -4.09. The van der Waals surface area contributed by atoms with Crippen molar-refractivity contribution in [3.05, 3.63) is 21.9 Å². The fraction of sp³-hybridized carbons (Fsp3) is 0.667. The van der Waals surface area contributed by atoms with Gasteiger partial charge in [-0.05, 0) is 12.1 Å². The van der Waals surface area contributed by atoms with E-state index in [-0.39, 0.29) is 0 Å². The minimum Gasteiger partial charge on any atom is -0.326 e. The molecular formula is C12H18F3N3S. The molecule has 1 saturated heterocycles. The zero-order valence-electron chi connectivity index (χ0n) is 10.6. The Morgan fingerprint density at radius 1 is 1.05 bits per heavy atom. The van der Waals surface area contributed by atoms with Crippen molar-refractivity contribution in [2.24, 2.45) is 5.73 Å². The summed E-state index contributed by atoms with van der Waals surface area (Å²) in [7, 11) is 0. The van der Waals surface area contributed by atoms with Gasteiger partial charge in [0.25, 0.3) is 0 Å². The molecule has 2 rings (SSSR count). The van der Waals surface area contributed by atoms with Crippen molar-refractivity contribution in [2.45, 2.75) is 19.3 Å². The van der Waals surface area contributed by atoms with Crippen molar-refractivity contribution in [3.8, 4) is 0 Å². The summed E-state index contributed by atoms with van der Waals surface area (Å²) in [5.41, 5.74) is 5.56. The third-order valence-corrected chi connectivity index (χ3v) is 4.26. The quantitative estimate of drug-likeness (QED) is 0.920. The number of piperazine rings is 1. The smallest absolute Gasteiger partial charge is 0.326 e. The first-order chi connectivity index (χ1) is 8.96. The Bertz CT molecular complexity index is 397. The molecule has 0 saturated carbocycles. The van der Waals surface area contributed by atoms with Gasteiger partial charge in [0.05, 0.1) is 6.54 Å². The van der Waals surface area contributed by atoms with Gasteiger partial charge in [-0.15, -0.1) is 11.3 Å². The van der Waals surface area contributed by atoms with E-state index in [1.54, 1.807) is 11.3 Å². The van der Waals surface area contributed by atoms with Crippen LogP contribution < -0.4 is 5.73 Å². The average molecular weight is 293 g/mol. The molecular weight excluding hydrogens is 275 g/mol. The van der Waals surface area contributed by atoms with Crippen LogP contribution in [0.3, 0.4) is 0 Å². The lowest BCUT2D eigenvalue weighted by molar-refractivity contribution is -0.149. The summed E-state index contributed by atoms with van der Waals surface area (Å²) in [6.45, 7) is 2.90. The Morgan fingerprint density at radius 2 is 1.63 bits per heavy atom. The van der Waals surface area contributed by atoms with Crippen molar-refractivity contribution >= 4 is 11.3 Å². The predicted molar refractivity (Wildman–Crippen MR) is 70.0 cm³/mol. The summed E-state index contributed by atoms with van der Waals surface area (Å²) >= 11 is 1.68. The number of rotatable bonds is 4. The van der Waals surface area contributed by atoms with E-state index >= 15 is 0 Å². The van der Waals surface area contributed by atoms with E-state index in [0.717, 1.165) is 11.4 Å². The highest BCUT2D eigenvalue weighted by Crippen LogP contribution is 2.20. The second-order valence-corrected chi connectivity index (χ2v) is 5.99. The molecule has 0 bridgehead atoms. The largest absolute Gasteiger partial charge is 0.401 e. The van der Waals surface area contributed by atoms with Crippen LogP contribution in [0.4, 0.5) is 13.2 Å². The number of nitrogens with zero attached hydrogens (tertiary/aromatic N) is 2. The van der Waals surface area contributed by atoms with Crippen molar-refractivity contribution in [3.63, 3.8) is 0 Å². The Kier molecular flexibility index (Phi) is 4.83. The monoisotopic (exact) mass is 293 g/mol. The van der Waals surface area contributed by atoms with Crippen molar-refractivity contribution < 1.29 is 13.2 Å². The number of thiophene rings is 1. The summed E-state index contributed by atoms with van der Waals surface area (Å²) in [6, 6.07) is 4.06. The maximum absolute atomic E-state index is 12.3. The topological polar surface area (TPSA) is 32.5 Å². The van der Waals surface area contributed by atoms with Gasteiger partial charge in [0.15, 0.2) is 0 Å². The normalized spacial score (nSPS) is 18.9. The van der Waals surface area contributed by atoms with Crippen LogP contribution in [0.1, 0.15) is 9.75 Å². The molecule has 0 atom stereocenters. The average Bonchev–Trinajstić information content (AvgIpc) is 2.77. The van der Waals surface area contributed by atoms with Crippen LogP contribution in [0.5, 0.6) is 0 Å². The SMILES string of the molecule is NCc1ccc(CN2CCN(CC(F)(F)F)CC2)s1. The first-order valence-corrected chi connectivity index (χ1v) is 7.07. The van der Waals surface area contributed by atoms with Gasteiger partial charge < -0.3 is 5.73 Å². The number of alkyl halides is 3. The molecule has 3 nitrogen and oxygen atoms in total. The zero-order chi connectivity index (χ0) is 13.9. The van der Waals surface area contributed by atoms with E-state index in [1.165, 1.54) is 9.78 Å². The molecule has 2 N–H and O–H groups in total. The fourth-order valence-electron chi connectivity index (χ4n) is 2.20. The maximum Gasteiger partial charge on any atom is 0.401 e. The lowest BCUT2D eigenvalue weighted by Crippen LogP contribution is -2.48. The lowest BCUT2D eigenvalue weighted by atomic mass is 10.3. The van der Waals surface area contributed by atoms with Crippen LogP contribution in [0.25, 0.3) is 0 Å². The Labute approximate surface area is 114 Å². The predicted octanol–water partition coefficient (Wildman–Crippen LogP) is 1.89.